The van der Waals surface area contributed by atoms with Crippen molar-refractivity contribution in [2.24, 2.45) is 0 Å². The normalized spacial score (nSPS) is 9.86. The maximum absolute atomic E-state index is 10.5. The average Bonchev–Trinajstić information content (AvgIpc) is 2.14. The predicted molar refractivity (Wildman–Crippen MR) is 49.3 cm³/mol. The van der Waals surface area contributed by atoms with Crippen LogP contribution in [0.4, 0.5) is 17.1 Å². The first-order chi connectivity index (χ1) is 6.49. The Morgan fingerprint density at radius 1 is 1.64 bits per heavy atom. The molecule has 76 valence electrons. The largest absolute Gasteiger partial charge is 0.504 e. The Morgan fingerprint density at radius 3 is 2.64 bits per heavy atom. The van der Waals surface area contributed by atoms with Crippen molar-refractivity contribution in [1.82, 2.24) is 0 Å². The number of nitrogen functional groups attached to an aromatic ring is 1. The number of nitro benzene ring substituents is 1. The summed E-state index contributed by atoms with van der Waals surface area (Å²) in [4.78, 5) is 9.87. The molecule has 0 heterocycles. The van der Waals surface area contributed by atoms with E-state index < -0.39 is 10.7 Å². The molecule has 1 aromatic carbocycles. The van der Waals surface area contributed by atoms with Crippen LogP contribution in [0.2, 0.25) is 0 Å². The molecular weight excluding hydrogens is 190 g/mol. The molecule has 1 rings (SSSR count). The quantitative estimate of drug-likeness (QED) is 0.244. The fraction of sp³-hybridized carbons (Fsp3) is 0.143. The molecule has 0 bridgehead atoms. The first-order valence-electron chi connectivity index (χ1n) is 3.65. The molecule has 1 aromatic rings. The van der Waals surface area contributed by atoms with E-state index in [1.165, 1.54) is 6.92 Å². The van der Waals surface area contributed by atoms with Crippen molar-refractivity contribution >= 4 is 17.1 Å². The zero-order chi connectivity index (χ0) is 10.9. The van der Waals surface area contributed by atoms with Crippen LogP contribution in [0.3, 0.4) is 0 Å². The number of hydrogen-bond acceptors (Lipinski definition) is 6. The molecule has 0 fully saturated rings. The molecule has 0 radical (unpaired) electrons. The zero-order valence-corrected chi connectivity index (χ0v) is 7.31. The van der Waals surface area contributed by atoms with Crippen LogP contribution in [0, 0.1) is 17.0 Å². The minimum atomic E-state index is -0.647. The summed E-state index contributed by atoms with van der Waals surface area (Å²) >= 11 is 0. The molecular formula is C7H9N3O4. The van der Waals surface area contributed by atoms with Crippen molar-refractivity contribution in [2.75, 3.05) is 11.2 Å². The Balaban J connectivity index is 3.48. The van der Waals surface area contributed by atoms with E-state index in [1.807, 2.05) is 0 Å². The van der Waals surface area contributed by atoms with Gasteiger partial charge in [-0.15, -0.1) is 0 Å². The van der Waals surface area contributed by atoms with Gasteiger partial charge in [0.15, 0.2) is 5.75 Å². The highest BCUT2D eigenvalue weighted by Crippen LogP contribution is 2.38. The smallest absolute Gasteiger partial charge is 0.276 e. The van der Waals surface area contributed by atoms with Gasteiger partial charge in [-0.2, -0.15) is 0 Å². The number of phenols is 1. The molecule has 0 aromatic heterocycles. The van der Waals surface area contributed by atoms with Gasteiger partial charge in [0, 0.05) is 6.07 Å². The van der Waals surface area contributed by atoms with Crippen molar-refractivity contribution < 1.29 is 15.2 Å². The topological polar surface area (TPSA) is 122 Å². The average molecular weight is 199 g/mol. The Hall–Kier alpha value is -2.02. The number of aromatic hydroxyl groups is 1. The zero-order valence-electron chi connectivity index (χ0n) is 7.31. The Bertz CT molecular complexity index is 391. The second-order valence-corrected chi connectivity index (χ2v) is 2.70. The maximum atomic E-state index is 10.5. The number of hydrogen-bond donors (Lipinski definition) is 4. The second-order valence-electron chi connectivity index (χ2n) is 2.70. The summed E-state index contributed by atoms with van der Waals surface area (Å²) in [7, 11) is 0. The number of rotatable bonds is 2. The van der Waals surface area contributed by atoms with Crippen LogP contribution in [-0.4, -0.2) is 15.2 Å². The van der Waals surface area contributed by atoms with Crippen molar-refractivity contribution in [3.05, 3.63) is 21.7 Å². The van der Waals surface area contributed by atoms with Crippen molar-refractivity contribution in [1.29, 1.82) is 0 Å². The van der Waals surface area contributed by atoms with E-state index in [2.05, 4.69) is 0 Å². The third-order valence-corrected chi connectivity index (χ3v) is 1.90. The van der Waals surface area contributed by atoms with Crippen molar-refractivity contribution in [3.63, 3.8) is 0 Å². The number of nitrogens with zero attached hydrogens (tertiary/aromatic N) is 1. The second kappa shape index (κ2) is 3.38. The molecule has 0 atom stereocenters. The van der Waals surface area contributed by atoms with Gasteiger partial charge in [-0.1, -0.05) is 0 Å². The van der Waals surface area contributed by atoms with Gasteiger partial charge in [0.25, 0.3) is 5.69 Å². The lowest BCUT2D eigenvalue weighted by Crippen LogP contribution is -2.00. The summed E-state index contributed by atoms with van der Waals surface area (Å²) in [5.41, 5.74) is 6.58. The Morgan fingerprint density at radius 2 is 2.21 bits per heavy atom. The van der Waals surface area contributed by atoms with E-state index in [-0.39, 0.29) is 22.6 Å². The fourth-order valence-corrected chi connectivity index (χ4v) is 1.05. The summed E-state index contributed by atoms with van der Waals surface area (Å²) in [6, 6.07) is 1.00. The van der Waals surface area contributed by atoms with Crippen molar-refractivity contribution in [2.45, 2.75) is 6.92 Å². The fourth-order valence-electron chi connectivity index (χ4n) is 1.05. The van der Waals surface area contributed by atoms with Crippen LogP contribution >= 0.6 is 0 Å². The highest BCUT2D eigenvalue weighted by Gasteiger charge is 2.19. The van der Waals surface area contributed by atoms with Crippen molar-refractivity contribution in [3.8, 4) is 5.75 Å². The summed E-state index contributed by atoms with van der Waals surface area (Å²) in [6.45, 7) is 1.41. The van der Waals surface area contributed by atoms with E-state index >= 15 is 0 Å². The monoisotopic (exact) mass is 199 g/mol. The van der Waals surface area contributed by atoms with Crippen LogP contribution in [0.25, 0.3) is 0 Å². The number of anilines is 2. The molecule has 7 nitrogen and oxygen atoms in total. The Kier molecular flexibility index (Phi) is 2.43. The minimum Gasteiger partial charge on any atom is -0.504 e. The lowest BCUT2D eigenvalue weighted by atomic mass is 10.1. The van der Waals surface area contributed by atoms with Crippen LogP contribution in [0.15, 0.2) is 6.07 Å². The molecule has 0 aliphatic carbocycles. The first-order valence-corrected chi connectivity index (χ1v) is 3.65. The minimum absolute atomic E-state index is 0.129. The number of nitrogens with two attached hydrogens (primary N) is 1. The lowest BCUT2D eigenvalue weighted by Gasteiger charge is -2.08. The summed E-state index contributed by atoms with van der Waals surface area (Å²) in [5.74, 6) is -0.407. The highest BCUT2D eigenvalue weighted by molar-refractivity contribution is 5.76. The molecule has 0 amide bonds. The molecule has 0 aliphatic heterocycles. The standard InChI is InChI=1S/C7H9N3O4/c1-3-5(10(13)14)2-4(9-12)7(11)6(3)8/h2,9,11-12H,8H2,1H3. The predicted octanol–water partition coefficient (Wildman–Crippen LogP) is 0.992. The van der Waals surface area contributed by atoms with Gasteiger partial charge in [-0.3, -0.25) is 20.8 Å². The van der Waals surface area contributed by atoms with Crippen LogP contribution < -0.4 is 11.2 Å². The van der Waals surface area contributed by atoms with E-state index in [4.69, 9.17) is 10.9 Å². The van der Waals surface area contributed by atoms with Crippen LogP contribution in [0.5, 0.6) is 5.75 Å². The molecule has 14 heavy (non-hydrogen) atoms. The summed E-state index contributed by atoms with van der Waals surface area (Å²) < 4.78 is 0. The van der Waals surface area contributed by atoms with Gasteiger partial charge in [0.2, 0.25) is 0 Å². The highest BCUT2D eigenvalue weighted by atomic mass is 16.6. The van der Waals surface area contributed by atoms with Gasteiger partial charge in [-0.25, -0.2) is 0 Å². The molecule has 0 spiro atoms. The first kappa shape index (κ1) is 10.1. The molecule has 0 aliphatic rings. The van der Waals surface area contributed by atoms with Gasteiger partial charge >= 0.3 is 0 Å². The van der Waals surface area contributed by atoms with Crippen LogP contribution in [0.1, 0.15) is 5.56 Å². The van der Waals surface area contributed by atoms with Crippen LogP contribution in [-0.2, 0) is 0 Å². The number of nitrogens with one attached hydrogen (secondary N) is 1. The van der Waals surface area contributed by atoms with E-state index in [0.717, 1.165) is 6.07 Å². The molecule has 0 saturated carbocycles. The van der Waals surface area contributed by atoms with Gasteiger partial charge in [0.05, 0.1) is 16.2 Å². The third-order valence-electron chi connectivity index (χ3n) is 1.90. The summed E-state index contributed by atoms with van der Waals surface area (Å²) in [6.07, 6.45) is 0. The maximum Gasteiger partial charge on any atom is 0.276 e. The Labute approximate surface area is 78.9 Å². The lowest BCUT2D eigenvalue weighted by molar-refractivity contribution is -0.385. The molecule has 5 N–H and O–H groups in total. The number of phenolic OH excluding ortho intramolecular Hbond substituents is 1. The van der Waals surface area contributed by atoms with E-state index in [9.17, 15) is 15.2 Å². The van der Waals surface area contributed by atoms with Gasteiger partial charge in [0.1, 0.15) is 5.69 Å². The third kappa shape index (κ3) is 1.40. The van der Waals surface area contributed by atoms with E-state index in [1.54, 1.807) is 5.48 Å². The molecule has 7 heteroatoms. The SMILES string of the molecule is Cc1c([N+](=O)[O-])cc(NO)c(O)c1N. The van der Waals surface area contributed by atoms with E-state index in [0.29, 0.717) is 0 Å². The number of benzene rings is 1. The van der Waals surface area contributed by atoms with Gasteiger partial charge in [-0.05, 0) is 6.92 Å². The molecule has 0 saturated heterocycles. The summed E-state index contributed by atoms with van der Waals surface area (Å²) in [5, 5.41) is 28.4. The molecule has 0 unspecified atom stereocenters. The van der Waals surface area contributed by atoms with Gasteiger partial charge < -0.3 is 10.8 Å². The number of nitro groups is 1.